The molecule has 0 atom stereocenters. The highest BCUT2D eigenvalue weighted by Crippen LogP contribution is 2.22. The summed E-state index contributed by atoms with van der Waals surface area (Å²) in [6.07, 6.45) is 13.2. The standard InChI is InChI=1S/C23H30O/c1-3-5-6-7-8-9-11-21-14-18-23(19-15-21)24-22-16-12-20(10-4-2)13-17-22/h9,11-19H,3-8,10H2,1-2H3/b11-9+. The number of unbranched alkanes of at least 4 members (excludes halogenated alkanes) is 4. The van der Waals surface area contributed by atoms with E-state index in [4.69, 9.17) is 4.74 Å². The second kappa shape index (κ2) is 10.7. The van der Waals surface area contributed by atoms with Crippen molar-refractivity contribution in [1.82, 2.24) is 0 Å². The average molecular weight is 322 g/mol. The van der Waals surface area contributed by atoms with Crippen LogP contribution in [0.5, 0.6) is 11.5 Å². The van der Waals surface area contributed by atoms with Crippen LogP contribution in [0.3, 0.4) is 0 Å². The van der Waals surface area contributed by atoms with E-state index < -0.39 is 0 Å². The quantitative estimate of drug-likeness (QED) is 0.414. The van der Waals surface area contributed by atoms with Crippen molar-refractivity contribution in [3.05, 3.63) is 65.7 Å². The van der Waals surface area contributed by atoms with Crippen LogP contribution in [0.25, 0.3) is 6.08 Å². The molecule has 0 aromatic heterocycles. The maximum absolute atomic E-state index is 5.91. The second-order valence-electron chi connectivity index (χ2n) is 6.32. The van der Waals surface area contributed by atoms with Gasteiger partial charge in [0.15, 0.2) is 0 Å². The Morgan fingerprint density at radius 3 is 2.04 bits per heavy atom. The van der Waals surface area contributed by atoms with E-state index in [1.165, 1.54) is 49.7 Å². The fraction of sp³-hybridized carbons (Fsp3) is 0.391. The van der Waals surface area contributed by atoms with Crippen LogP contribution in [-0.4, -0.2) is 0 Å². The van der Waals surface area contributed by atoms with Gasteiger partial charge in [0.25, 0.3) is 0 Å². The molecule has 0 amide bonds. The first kappa shape index (κ1) is 18.3. The number of hydrogen-bond acceptors (Lipinski definition) is 1. The van der Waals surface area contributed by atoms with E-state index in [0.29, 0.717) is 0 Å². The smallest absolute Gasteiger partial charge is 0.127 e. The van der Waals surface area contributed by atoms with Gasteiger partial charge >= 0.3 is 0 Å². The van der Waals surface area contributed by atoms with Gasteiger partial charge in [-0.1, -0.05) is 75.9 Å². The number of hydrogen-bond donors (Lipinski definition) is 0. The Morgan fingerprint density at radius 2 is 1.42 bits per heavy atom. The number of aryl methyl sites for hydroxylation is 1. The third-order valence-corrected chi connectivity index (χ3v) is 4.11. The molecule has 1 heteroatoms. The molecule has 0 bridgehead atoms. The normalized spacial score (nSPS) is 11.1. The third-order valence-electron chi connectivity index (χ3n) is 4.11. The zero-order valence-electron chi connectivity index (χ0n) is 15.1. The van der Waals surface area contributed by atoms with Gasteiger partial charge in [-0.2, -0.15) is 0 Å². The molecular weight excluding hydrogens is 292 g/mol. The van der Waals surface area contributed by atoms with Gasteiger partial charge in [0.1, 0.15) is 11.5 Å². The van der Waals surface area contributed by atoms with Crippen LogP contribution in [0, 0.1) is 0 Å². The fourth-order valence-corrected chi connectivity index (χ4v) is 2.70. The molecule has 0 fully saturated rings. The largest absolute Gasteiger partial charge is 0.457 e. The molecule has 2 aromatic carbocycles. The highest BCUT2D eigenvalue weighted by Gasteiger charge is 1.98. The first-order chi connectivity index (χ1) is 11.8. The van der Waals surface area contributed by atoms with Gasteiger partial charge in [0, 0.05) is 0 Å². The lowest BCUT2D eigenvalue weighted by Crippen LogP contribution is -1.86. The molecule has 0 aliphatic rings. The molecule has 0 N–H and O–H groups in total. The summed E-state index contributed by atoms with van der Waals surface area (Å²) >= 11 is 0. The van der Waals surface area contributed by atoms with E-state index in [2.05, 4.69) is 62.4 Å². The Hall–Kier alpha value is -2.02. The number of ether oxygens (including phenoxy) is 1. The molecule has 0 spiro atoms. The maximum atomic E-state index is 5.91. The first-order valence-electron chi connectivity index (χ1n) is 9.35. The molecule has 0 aliphatic heterocycles. The predicted molar refractivity (Wildman–Crippen MR) is 105 cm³/mol. The van der Waals surface area contributed by atoms with E-state index in [0.717, 1.165) is 17.9 Å². The Labute approximate surface area is 147 Å². The molecule has 0 aliphatic carbocycles. The van der Waals surface area contributed by atoms with Crippen LogP contribution in [0.4, 0.5) is 0 Å². The zero-order chi connectivity index (χ0) is 17.0. The topological polar surface area (TPSA) is 9.23 Å². The van der Waals surface area contributed by atoms with Crippen molar-refractivity contribution in [3.8, 4) is 11.5 Å². The third kappa shape index (κ3) is 6.62. The van der Waals surface area contributed by atoms with Crippen molar-refractivity contribution in [2.45, 2.75) is 58.8 Å². The van der Waals surface area contributed by atoms with Crippen molar-refractivity contribution in [1.29, 1.82) is 0 Å². The Bertz CT molecular complexity index is 593. The molecule has 24 heavy (non-hydrogen) atoms. The van der Waals surface area contributed by atoms with Crippen LogP contribution in [0.2, 0.25) is 0 Å². The molecule has 2 rings (SSSR count). The second-order valence-corrected chi connectivity index (χ2v) is 6.32. The lowest BCUT2D eigenvalue weighted by atomic mass is 10.1. The predicted octanol–water partition coefficient (Wildman–Crippen LogP) is 7.42. The van der Waals surface area contributed by atoms with Gasteiger partial charge < -0.3 is 4.74 Å². The monoisotopic (exact) mass is 322 g/mol. The van der Waals surface area contributed by atoms with E-state index in [1.807, 2.05) is 12.1 Å². The lowest BCUT2D eigenvalue weighted by molar-refractivity contribution is 0.482. The summed E-state index contributed by atoms with van der Waals surface area (Å²) in [5.41, 5.74) is 2.60. The number of allylic oxidation sites excluding steroid dienone is 1. The summed E-state index contributed by atoms with van der Waals surface area (Å²) in [6, 6.07) is 16.7. The van der Waals surface area contributed by atoms with Crippen LogP contribution < -0.4 is 4.74 Å². The minimum atomic E-state index is 0.887. The highest BCUT2D eigenvalue weighted by molar-refractivity contribution is 5.50. The summed E-state index contributed by atoms with van der Waals surface area (Å²) in [5, 5.41) is 0. The molecular formula is C23H30O. The van der Waals surface area contributed by atoms with E-state index in [1.54, 1.807) is 0 Å². The summed E-state index contributed by atoms with van der Waals surface area (Å²) in [4.78, 5) is 0. The molecule has 0 unspecified atom stereocenters. The zero-order valence-corrected chi connectivity index (χ0v) is 15.1. The van der Waals surface area contributed by atoms with E-state index >= 15 is 0 Å². The van der Waals surface area contributed by atoms with Crippen molar-refractivity contribution in [2.24, 2.45) is 0 Å². The van der Waals surface area contributed by atoms with Gasteiger partial charge in [-0.25, -0.2) is 0 Å². The number of rotatable bonds is 10. The summed E-state index contributed by atoms with van der Waals surface area (Å²) in [5.74, 6) is 1.78. The van der Waals surface area contributed by atoms with Crippen LogP contribution in [0.15, 0.2) is 54.6 Å². The average Bonchev–Trinajstić information content (AvgIpc) is 2.61. The summed E-state index contributed by atoms with van der Waals surface area (Å²) in [6.45, 7) is 4.45. The molecule has 0 saturated heterocycles. The summed E-state index contributed by atoms with van der Waals surface area (Å²) in [7, 11) is 0. The Balaban J connectivity index is 1.82. The molecule has 0 radical (unpaired) electrons. The molecule has 1 nitrogen and oxygen atoms in total. The minimum absolute atomic E-state index is 0.887. The van der Waals surface area contributed by atoms with Gasteiger partial charge in [-0.05, 0) is 54.7 Å². The minimum Gasteiger partial charge on any atom is -0.457 e. The van der Waals surface area contributed by atoms with Crippen molar-refractivity contribution >= 4 is 6.08 Å². The number of benzene rings is 2. The first-order valence-corrected chi connectivity index (χ1v) is 9.35. The van der Waals surface area contributed by atoms with Crippen LogP contribution in [0.1, 0.15) is 63.5 Å². The van der Waals surface area contributed by atoms with Crippen LogP contribution in [-0.2, 0) is 6.42 Å². The van der Waals surface area contributed by atoms with Gasteiger partial charge in [0.2, 0.25) is 0 Å². The Morgan fingerprint density at radius 1 is 0.750 bits per heavy atom. The molecule has 2 aromatic rings. The van der Waals surface area contributed by atoms with Crippen molar-refractivity contribution in [2.75, 3.05) is 0 Å². The van der Waals surface area contributed by atoms with Crippen molar-refractivity contribution in [3.63, 3.8) is 0 Å². The van der Waals surface area contributed by atoms with Gasteiger partial charge in [-0.15, -0.1) is 0 Å². The molecule has 0 heterocycles. The van der Waals surface area contributed by atoms with Gasteiger partial charge in [-0.3, -0.25) is 0 Å². The molecule has 128 valence electrons. The fourth-order valence-electron chi connectivity index (χ4n) is 2.70. The van der Waals surface area contributed by atoms with Gasteiger partial charge in [0.05, 0.1) is 0 Å². The molecule has 0 saturated carbocycles. The maximum Gasteiger partial charge on any atom is 0.127 e. The highest BCUT2D eigenvalue weighted by atomic mass is 16.5. The van der Waals surface area contributed by atoms with Crippen molar-refractivity contribution < 1.29 is 4.74 Å². The Kier molecular flexibility index (Phi) is 8.17. The SMILES string of the molecule is CCCCCC/C=C/c1ccc(Oc2ccc(CCC)cc2)cc1. The summed E-state index contributed by atoms with van der Waals surface area (Å²) < 4.78 is 5.91. The van der Waals surface area contributed by atoms with E-state index in [-0.39, 0.29) is 0 Å². The van der Waals surface area contributed by atoms with Crippen LogP contribution >= 0.6 is 0 Å². The van der Waals surface area contributed by atoms with E-state index in [9.17, 15) is 0 Å². The lowest BCUT2D eigenvalue weighted by Gasteiger charge is -2.07.